The molecule has 0 fully saturated rings. The number of fused-ring (bicyclic) bond motifs is 3. The summed E-state index contributed by atoms with van der Waals surface area (Å²) in [5.74, 6) is 0.451. The molecule has 0 atom stereocenters. The summed E-state index contributed by atoms with van der Waals surface area (Å²) in [5.41, 5.74) is 6.30. The lowest BCUT2D eigenvalue weighted by Gasteiger charge is -2.03. The fraction of sp³-hybridized carbons (Fsp3) is 0.0556. The molecule has 0 bridgehead atoms. The number of furan rings is 1. The van der Waals surface area contributed by atoms with Gasteiger partial charge in [0.25, 0.3) is 5.69 Å². The molecule has 0 aliphatic rings. The maximum absolute atomic E-state index is 10.7. The fourth-order valence-corrected chi connectivity index (χ4v) is 2.63. The van der Waals surface area contributed by atoms with Gasteiger partial charge < -0.3 is 4.42 Å². The minimum Gasteiger partial charge on any atom is -0.450 e. The average molecular weight is 347 g/mol. The van der Waals surface area contributed by atoms with Crippen molar-refractivity contribution in [3.63, 3.8) is 0 Å². The summed E-state index contributed by atoms with van der Waals surface area (Å²) in [7, 11) is 0. The van der Waals surface area contributed by atoms with Gasteiger partial charge in [0.2, 0.25) is 0 Å². The van der Waals surface area contributed by atoms with Gasteiger partial charge >= 0.3 is 0 Å². The van der Waals surface area contributed by atoms with Crippen LogP contribution in [0, 0.1) is 10.1 Å². The lowest BCUT2D eigenvalue weighted by Crippen LogP contribution is -2.01. The van der Waals surface area contributed by atoms with Crippen LogP contribution in [-0.2, 0) is 0 Å². The maximum Gasteiger partial charge on any atom is 0.269 e. The zero-order valence-corrected chi connectivity index (χ0v) is 13.7. The molecule has 4 rings (SSSR count). The summed E-state index contributed by atoms with van der Waals surface area (Å²) >= 11 is 0. The van der Waals surface area contributed by atoms with Crippen molar-refractivity contribution >= 4 is 39.3 Å². The van der Waals surface area contributed by atoms with E-state index in [1.165, 1.54) is 18.5 Å². The number of anilines is 1. The van der Waals surface area contributed by atoms with E-state index in [1.54, 1.807) is 19.1 Å². The average Bonchev–Trinajstić information content (AvgIpc) is 3.05. The summed E-state index contributed by atoms with van der Waals surface area (Å²) in [4.78, 5) is 18.8. The molecule has 0 aliphatic heterocycles. The van der Waals surface area contributed by atoms with Gasteiger partial charge in [-0.15, -0.1) is 0 Å². The van der Waals surface area contributed by atoms with Gasteiger partial charge in [-0.2, -0.15) is 5.10 Å². The molecular formula is C18H13N5O3. The Hall–Kier alpha value is -3.81. The molecule has 8 nitrogen and oxygen atoms in total. The van der Waals surface area contributed by atoms with Crippen molar-refractivity contribution in [2.75, 3.05) is 5.43 Å². The van der Waals surface area contributed by atoms with Gasteiger partial charge in [0.15, 0.2) is 11.4 Å². The normalized spacial score (nSPS) is 11.8. The molecule has 0 aliphatic carbocycles. The maximum atomic E-state index is 10.7. The van der Waals surface area contributed by atoms with E-state index < -0.39 is 4.92 Å². The quantitative estimate of drug-likeness (QED) is 0.338. The van der Waals surface area contributed by atoms with Gasteiger partial charge in [-0.05, 0) is 36.8 Å². The van der Waals surface area contributed by atoms with Crippen molar-refractivity contribution in [1.82, 2.24) is 9.97 Å². The first-order valence-corrected chi connectivity index (χ1v) is 7.81. The molecule has 0 radical (unpaired) electrons. The highest BCUT2D eigenvalue weighted by Crippen LogP contribution is 2.30. The number of benzene rings is 2. The Morgan fingerprint density at radius 1 is 1.15 bits per heavy atom. The largest absolute Gasteiger partial charge is 0.450 e. The van der Waals surface area contributed by atoms with Crippen molar-refractivity contribution in [3.8, 4) is 0 Å². The topological polar surface area (TPSA) is 106 Å². The number of hydrogen-bond acceptors (Lipinski definition) is 7. The van der Waals surface area contributed by atoms with E-state index in [0.717, 1.165) is 16.5 Å². The number of nitrogens with zero attached hydrogens (tertiary/aromatic N) is 4. The zero-order valence-electron chi connectivity index (χ0n) is 13.7. The monoisotopic (exact) mass is 347 g/mol. The number of nitro benzene ring substituents is 1. The van der Waals surface area contributed by atoms with Crippen molar-refractivity contribution in [2.45, 2.75) is 6.92 Å². The lowest BCUT2D eigenvalue weighted by atomic mass is 10.1. The predicted molar refractivity (Wildman–Crippen MR) is 98.2 cm³/mol. The minimum absolute atomic E-state index is 0.0364. The highest BCUT2D eigenvalue weighted by Gasteiger charge is 2.12. The zero-order chi connectivity index (χ0) is 18.1. The van der Waals surface area contributed by atoms with E-state index in [2.05, 4.69) is 20.5 Å². The molecular weight excluding hydrogens is 334 g/mol. The van der Waals surface area contributed by atoms with Crippen LogP contribution in [0.15, 0.2) is 64.4 Å². The van der Waals surface area contributed by atoms with Gasteiger partial charge in [-0.25, -0.2) is 9.97 Å². The van der Waals surface area contributed by atoms with Crippen LogP contribution < -0.4 is 5.43 Å². The first kappa shape index (κ1) is 15.7. The number of non-ortho nitro benzene ring substituents is 1. The SMILES string of the molecule is C/C(=N/Nc1ncnc2c1oc1ccccc12)c1ccc([N+](=O)[O-])cc1. The molecule has 128 valence electrons. The number of aromatic nitrogens is 2. The molecule has 0 unspecified atom stereocenters. The first-order chi connectivity index (χ1) is 12.6. The van der Waals surface area contributed by atoms with E-state index in [1.807, 2.05) is 24.3 Å². The number of para-hydroxylation sites is 1. The summed E-state index contributed by atoms with van der Waals surface area (Å²) in [5, 5.41) is 15.9. The fourth-order valence-electron chi connectivity index (χ4n) is 2.63. The molecule has 0 spiro atoms. The minimum atomic E-state index is -0.437. The summed E-state index contributed by atoms with van der Waals surface area (Å²) in [6.07, 6.45) is 1.45. The van der Waals surface area contributed by atoms with E-state index in [9.17, 15) is 10.1 Å². The van der Waals surface area contributed by atoms with Crippen LogP contribution in [0.2, 0.25) is 0 Å². The lowest BCUT2D eigenvalue weighted by molar-refractivity contribution is -0.384. The second-order valence-electron chi connectivity index (χ2n) is 5.61. The van der Waals surface area contributed by atoms with Gasteiger partial charge in [-0.1, -0.05) is 12.1 Å². The van der Waals surface area contributed by atoms with Gasteiger partial charge in [0.1, 0.15) is 17.4 Å². The molecule has 2 heterocycles. The molecule has 0 saturated carbocycles. The van der Waals surface area contributed by atoms with Crippen LogP contribution in [0.4, 0.5) is 11.5 Å². The second kappa shape index (κ2) is 6.25. The van der Waals surface area contributed by atoms with Gasteiger partial charge in [-0.3, -0.25) is 15.5 Å². The van der Waals surface area contributed by atoms with E-state index in [0.29, 0.717) is 22.6 Å². The molecule has 2 aromatic carbocycles. The Balaban J connectivity index is 1.66. The number of hydrazone groups is 1. The molecule has 4 aromatic rings. The van der Waals surface area contributed by atoms with Crippen LogP contribution in [0.25, 0.3) is 22.1 Å². The van der Waals surface area contributed by atoms with Crippen molar-refractivity contribution in [3.05, 3.63) is 70.5 Å². The summed E-state index contributed by atoms with van der Waals surface area (Å²) < 4.78 is 5.83. The van der Waals surface area contributed by atoms with Crippen LogP contribution in [-0.4, -0.2) is 20.6 Å². The summed E-state index contributed by atoms with van der Waals surface area (Å²) in [6, 6.07) is 13.8. The molecule has 0 saturated heterocycles. The van der Waals surface area contributed by atoms with E-state index in [-0.39, 0.29) is 5.69 Å². The standard InChI is InChI=1S/C18H13N5O3/c1-11(12-6-8-13(9-7-12)23(24)25)21-22-18-17-16(19-10-20-18)14-4-2-3-5-15(14)26-17/h2-10H,1H3,(H,19,20,22)/b21-11-. The first-order valence-electron chi connectivity index (χ1n) is 7.81. The molecule has 1 N–H and O–H groups in total. The van der Waals surface area contributed by atoms with Gasteiger partial charge in [0.05, 0.1) is 10.6 Å². The third-order valence-electron chi connectivity index (χ3n) is 3.98. The van der Waals surface area contributed by atoms with E-state index >= 15 is 0 Å². The van der Waals surface area contributed by atoms with Crippen molar-refractivity contribution < 1.29 is 9.34 Å². The van der Waals surface area contributed by atoms with Crippen molar-refractivity contribution in [1.29, 1.82) is 0 Å². The number of nitrogens with one attached hydrogen (secondary N) is 1. The van der Waals surface area contributed by atoms with E-state index in [4.69, 9.17) is 4.42 Å². The second-order valence-corrected chi connectivity index (χ2v) is 5.61. The Labute approximate surface area is 147 Å². The molecule has 2 aromatic heterocycles. The Morgan fingerprint density at radius 2 is 1.92 bits per heavy atom. The molecule has 26 heavy (non-hydrogen) atoms. The highest BCUT2D eigenvalue weighted by molar-refractivity contribution is 6.05. The van der Waals surface area contributed by atoms with Crippen LogP contribution in [0.3, 0.4) is 0 Å². The van der Waals surface area contributed by atoms with Crippen LogP contribution in [0.1, 0.15) is 12.5 Å². The number of hydrogen-bond donors (Lipinski definition) is 1. The Bertz CT molecular complexity index is 1150. The summed E-state index contributed by atoms with van der Waals surface area (Å²) in [6.45, 7) is 1.80. The van der Waals surface area contributed by atoms with Crippen LogP contribution >= 0.6 is 0 Å². The molecule has 0 amide bonds. The Morgan fingerprint density at radius 3 is 2.69 bits per heavy atom. The smallest absolute Gasteiger partial charge is 0.269 e. The van der Waals surface area contributed by atoms with Crippen molar-refractivity contribution in [2.24, 2.45) is 5.10 Å². The number of nitro groups is 1. The third kappa shape index (κ3) is 2.73. The molecule has 8 heteroatoms. The number of rotatable bonds is 4. The van der Waals surface area contributed by atoms with Gasteiger partial charge in [0, 0.05) is 17.5 Å². The Kier molecular flexibility index (Phi) is 3.77. The highest BCUT2D eigenvalue weighted by atomic mass is 16.6. The third-order valence-corrected chi connectivity index (χ3v) is 3.98. The van der Waals surface area contributed by atoms with Crippen LogP contribution in [0.5, 0.6) is 0 Å². The predicted octanol–water partition coefficient (Wildman–Crippen LogP) is 4.12.